The minimum Gasteiger partial charge on any atom is -0.497 e. The summed E-state index contributed by atoms with van der Waals surface area (Å²) in [5.41, 5.74) is 3.40. The van der Waals surface area contributed by atoms with Crippen LogP contribution in [0.25, 0.3) is 10.9 Å². The Morgan fingerprint density at radius 2 is 1.93 bits per heavy atom. The fourth-order valence-electron chi connectivity index (χ4n) is 4.25. The van der Waals surface area contributed by atoms with Crippen LogP contribution in [0.2, 0.25) is 0 Å². The Labute approximate surface area is 176 Å². The highest BCUT2D eigenvalue weighted by molar-refractivity contribution is 5.85. The molecule has 1 saturated heterocycles. The summed E-state index contributed by atoms with van der Waals surface area (Å²) in [6, 6.07) is 12.4. The molecule has 1 fully saturated rings. The number of amides is 1. The lowest BCUT2D eigenvalue weighted by atomic mass is 9.89. The average Bonchev–Trinajstić information content (AvgIpc) is 3.19. The third-order valence-corrected chi connectivity index (χ3v) is 6.07. The molecule has 1 aliphatic heterocycles. The number of likely N-dealkylation sites (tertiary alicyclic amines) is 1. The second-order valence-corrected chi connectivity index (χ2v) is 8.08. The lowest BCUT2D eigenvalue weighted by Gasteiger charge is -2.32. The maximum Gasteiger partial charge on any atom is 0.236 e. The molecule has 1 amide bonds. The number of nitrogens with zero attached hydrogens (tertiary/aromatic N) is 2. The largest absolute Gasteiger partial charge is 0.497 e. The van der Waals surface area contributed by atoms with Gasteiger partial charge in [-0.25, -0.2) is 4.39 Å². The zero-order valence-electron chi connectivity index (χ0n) is 17.5. The van der Waals surface area contributed by atoms with Gasteiger partial charge in [0.25, 0.3) is 0 Å². The average molecular weight is 410 g/mol. The summed E-state index contributed by atoms with van der Waals surface area (Å²) in [7, 11) is 3.49. The van der Waals surface area contributed by atoms with E-state index in [4.69, 9.17) is 4.74 Å². The second-order valence-electron chi connectivity index (χ2n) is 8.08. The molecule has 158 valence electrons. The van der Waals surface area contributed by atoms with E-state index in [1.54, 1.807) is 31.2 Å². The van der Waals surface area contributed by atoms with E-state index < -0.39 is 0 Å². The SMILES string of the molecule is COc1ccc2[nH]cc(C3CCN(CC(=O)N(C)Cc4ccc(F)cc4)CC3)c2c1. The third-order valence-electron chi connectivity index (χ3n) is 6.07. The standard InChI is InChI=1S/C24H28FN3O2/c1-27(15-17-3-5-19(25)6-4-17)24(29)16-28-11-9-18(10-12-28)22-14-26-23-8-7-20(30-2)13-21(22)23/h3-8,13-14,18,26H,9-12,15-16H2,1-2H3. The number of fused-ring (bicyclic) bond motifs is 1. The summed E-state index contributed by atoms with van der Waals surface area (Å²) < 4.78 is 18.4. The van der Waals surface area contributed by atoms with Crippen molar-refractivity contribution in [1.29, 1.82) is 0 Å². The highest BCUT2D eigenvalue weighted by atomic mass is 19.1. The molecule has 0 aliphatic carbocycles. The van der Waals surface area contributed by atoms with E-state index in [0.717, 1.165) is 42.8 Å². The van der Waals surface area contributed by atoms with Gasteiger partial charge in [0.1, 0.15) is 11.6 Å². The van der Waals surface area contributed by atoms with E-state index in [2.05, 4.69) is 28.2 Å². The van der Waals surface area contributed by atoms with Crippen molar-refractivity contribution in [2.24, 2.45) is 0 Å². The molecule has 2 heterocycles. The molecule has 5 nitrogen and oxygen atoms in total. The lowest BCUT2D eigenvalue weighted by Crippen LogP contribution is -2.41. The molecule has 30 heavy (non-hydrogen) atoms. The highest BCUT2D eigenvalue weighted by Crippen LogP contribution is 2.34. The molecule has 0 saturated carbocycles. The maximum absolute atomic E-state index is 13.1. The minimum absolute atomic E-state index is 0.0922. The topological polar surface area (TPSA) is 48.6 Å². The van der Waals surface area contributed by atoms with Gasteiger partial charge in [0, 0.05) is 30.7 Å². The van der Waals surface area contributed by atoms with Crippen LogP contribution < -0.4 is 4.74 Å². The fourth-order valence-corrected chi connectivity index (χ4v) is 4.25. The number of piperidine rings is 1. The van der Waals surface area contributed by atoms with Crippen molar-refractivity contribution in [3.05, 3.63) is 65.6 Å². The molecule has 2 aromatic carbocycles. The van der Waals surface area contributed by atoms with Crippen molar-refractivity contribution in [2.75, 3.05) is 33.8 Å². The summed E-state index contributed by atoms with van der Waals surface area (Å²) in [5, 5.41) is 1.22. The lowest BCUT2D eigenvalue weighted by molar-refractivity contribution is -0.131. The van der Waals surface area contributed by atoms with Crippen molar-refractivity contribution in [1.82, 2.24) is 14.8 Å². The van der Waals surface area contributed by atoms with E-state index in [1.807, 2.05) is 6.07 Å². The molecule has 0 unspecified atom stereocenters. The fraction of sp³-hybridized carbons (Fsp3) is 0.375. The minimum atomic E-state index is -0.260. The number of ether oxygens (including phenoxy) is 1. The van der Waals surface area contributed by atoms with Crippen LogP contribution in [0.4, 0.5) is 4.39 Å². The zero-order chi connectivity index (χ0) is 21.1. The van der Waals surface area contributed by atoms with Gasteiger partial charge in [0.05, 0.1) is 13.7 Å². The maximum atomic E-state index is 13.1. The monoisotopic (exact) mass is 409 g/mol. The van der Waals surface area contributed by atoms with Gasteiger partial charge in [-0.2, -0.15) is 0 Å². The molecule has 0 bridgehead atoms. The van der Waals surface area contributed by atoms with Crippen LogP contribution in [-0.4, -0.2) is 54.5 Å². The summed E-state index contributed by atoms with van der Waals surface area (Å²) in [4.78, 5) is 19.9. The molecule has 4 rings (SSSR count). The number of rotatable bonds is 6. The molecule has 1 aliphatic rings. The van der Waals surface area contributed by atoms with Crippen LogP contribution in [-0.2, 0) is 11.3 Å². The number of aromatic amines is 1. The van der Waals surface area contributed by atoms with Gasteiger partial charge in [-0.15, -0.1) is 0 Å². The zero-order valence-corrected chi connectivity index (χ0v) is 17.5. The predicted molar refractivity (Wildman–Crippen MR) is 116 cm³/mol. The van der Waals surface area contributed by atoms with Gasteiger partial charge < -0.3 is 14.6 Å². The Morgan fingerprint density at radius 1 is 1.20 bits per heavy atom. The Kier molecular flexibility index (Phi) is 6.04. The van der Waals surface area contributed by atoms with Crippen LogP contribution in [0.3, 0.4) is 0 Å². The number of hydrogen-bond acceptors (Lipinski definition) is 3. The molecule has 1 N–H and O–H groups in total. The Morgan fingerprint density at radius 3 is 2.63 bits per heavy atom. The number of methoxy groups -OCH3 is 1. The van der Waals surface area contributed by atoms with E-state index in [1.165, 1.54) is 23.1 Å². The van der Waals surface area contributed by atoms with Crippen molar-refractivity contribution in [3.63, 3.8) is 0 Å². The summed E-state index contributed by atoms with van der Waals surface area (Å²) in [6.45, 7) is 2.72. The summed E-state index contributed by atoms with van der Waals surface area (Å²) >= 11 is 0. The third kappa shape index (κ3) is 4.49. The Balaban J connectivity index is 1.32. The quantitative estimate of drug-likeness (QED) is 0.665. The van der Waals surface area contributed by atoms with Crippen LogP contribution in [0.5, 0.6) is 5.75 Å². The van der Waals surface area contributed by atoms with Gasteiger partial charge in [-0.3, -0.25) is 9.69 Å². The van der Waals surface area contributed by atoms with Crippen LogP contribution in [0.15, 0.2) is 48.7 Å². The number of nitrogens with one attached hydrogen (secondary N) is 1. The van der Waals surface area contributed by atoms with Crippen molar-refractivity contribution in [3.8, 4) is 5.75 Å². The number of carbonyl (C=O) groups is 1. The Hall–Kier alpha value is -2.86. The molecular formula is C24H28FN3O2. The van der Waals surface area contributed by atoms with Gasteiger partial charge in [-0.05, 0) is 73.3 Å². The number of benzene rings is 2. The molecule has 0 atom stereocenters. The summed E-state index contributed by atoms with van der Waals surface area (Å²) in [6.07, 6.45) is 4.17. The predicted octanol–water partition coefficient (Wildman–Crippen LogP) is 4.15. The number of likely N-dealkylation sites (N-methyl/N-ethyl adjacent to an activating group) is 1. The first-order valence-electron chi connectivity index (χ1n) is 10.4. The number of carbonyl (C=O) groups excluding carboxylic acids is 1. The van der Waals surface area contributed by atoms with Crippen LogP contribution in [0.1, 0.15) is 29.9 Å². The number of H-pyrrole nitrogens is 1. The van der Waals surface area contributed by atoms with Gasteiger partial charge in [-0.1, -0.05) is 12.1 Å². The number of aromatic nitrogens is 1. The van der Waals surface area contributed by atoms with E-state index >= 15 is 0 Å². The van der Waals surface area contributed by atoms with E-state index in [9.17, 15) is 9.18 Å². The highest BCUT2D eigenvalue weighted by Gasteiger charge is 2.25. The smallest absolute Gasteiger partial charge is 0.236 e. The Bertz CT molecular complexity index is 1010. The van der Waals surface area contributed by atoms with Crippen molar-refractivity contribution >= 4 is 16.8 Å². The molecule has 6 heteroatoms. The molecule has 0 spiro atoms. The first-order valence-corrected chi connectivity index (χ1v) is 10.4. The molecule has 3 aromatic rings. The van der Waals surface area contributed by atoms with Crippen LogP contribution in [0, 0.1) is 5.82 Å². The second kappa shape index (κ2) is 8.88. The summed E-state index contributed by atoms with van der Waals surface area (Å²) in [5.74, 6) is 1.18. The number of halogens is 1. The van der Waals surface area contributed by atoms with Crippen molar-refractivity contribution < 1.29 is 13.9 Å². The first kappa shape index (κ1) is 20.4. The van der Waals surface area contributed by atoms with Crippen LogP contribution >= 0.6 is 0 Å². The molecule has 0 radical (unpaired) electrons. The van der Waals surface area contributed by atoms with Crippen molar-refractivity contribution in [2.45, 2.75) is 25.3 Å². The van der Waals surface area contributed by atoms with Gasteiger partial charge >= 0.3 is 0 Å². The van der Waals surface area contributed by atoms with E-state index in [0.29, 0.717) is 19.0 Å². The first-order chi connectivity index (χ1) is 14.5. The normalized spacial score (nSPS) is 15.4. The van der Waals surface area contributed by atoms with Gasteiger partial charge in [0.15, 0.2) is 0 Å². The molecular weight excluding hydrogens is 381 g/mol. The van der Waals surface area contributed by atoms with Gasteiger partial charge in [0.2, 0.25) is 5.91 Å². The number of hydrogen-bond donors (Lipinski definition) is 1. The molecule has 1 aromatic heterocycles. The van der Waals surface area contributed by atoms with E-state index in [-0.39, 0.29) is 11.7 Å².